The lowest BCUT2D eigenvalue weighted by Gasteiger charge is -2.27. The standard InChI is InChI=1S/C69H46N6/c1-3-17-47(18-4-1)49-21-15-23-55(41-49)73(56-24-16-22-50(42-56)48-19-5-2-6-20-48)53-33-35-54(36-34-53)74-66-29-9-7-25-58(66)60-43-51(31-37-68(60)74)52-32-38-69-61(44-52)59-26-8-10-30-67(59)75(69)57-45-64(62-27-11-13-39-70-62)72-65(46-57)63-28-12-14-40-71-63/h1-46H. The zero-order chi connectivity index (χ0) is 49.7. The van der Waals surface area contributed by atoms with Crippen LogP contribution < -0.4 is 4.90 Å². The van der Waals surface area contributed by atoms with Gasteiger partial charge in [-0.1, -0.05) is 146 Å². The summed E-state index contributed by atoms with van der Waals surface area (Å²) in [6.45, 7) is 0. The maximum Gasteiger partial charge on any atom is 0.0915 e. The summed E-state index contributed by atoms with van der Waals surface area (Å²) < 4.78 is 4.75. The first-order valence-electron chi connectivity index (χ1n) is 25.3. The highest BCUT2D eigenvalue weighted by atomic mass is 15.1. The van der Waals surface area contributed by atoms with Crippen molar-refractivity contribution in [1.29, 1.82) is 0 Å². The van der Waals surface area contributed by atoms with Gasteiger partial charge in [-0.15, -0.1) is 0 Å². The minimum absolute atomic E-state index is 0.788. The molecule has 14 aromatic rings. The summed E-state index contributed by atoms with van der Waals surface area (Å²) in [7, 11) is 0. The van der Waals surface area contributed by atoms with Crippen LogP contribution in [0.15, 0.2) is 279 Å². The maximum atomic E-state index is 5.08. The molecular formula is C69H46N6. The Kier molecular flexibility index (Phi) is 10.7. The van der Waals surface area contributed by atoms with E-state index in [1.807, 2.05) is 48.8 Å². The van der Waals surface area contributed by atoms with E-state index in [4.69, 9.17) is 15.0 Å². The van der Waals surface area contributed by atoms with Crippen LogP contribution in [0, 0.1) is 0 Å². The van der Waals surface area contributed by atoms with Gasteiger partial charge in [0.2, 0.25) is 0 Å². The molecule has 0 atom stereocenters. The lowest BCUT2D eigenvalue weighted by atomic mass is 10.0. The van der Waals surface area contributed by atoms with Gasteiger partial charge in [0.1, 0.15) is 0 Å². The van der Waals surface area contributed by atoms with Crippen LogP contribution >= 0.6 is 0 Å². The second-order valence-electron chi connectivity index (χ2n) is 18.9. The van der Waals surface area contributed by atoms with Gasteiger partial charge < -0.3 is 14.0 Å². The van der Waals surface area contributed by atoms with E-state index in [2.05, 4.69) is 245 Å². The number of fused-ring (bicyclic) bond motifs is 6. The van der Waals surface area contributed by atoms with Crippen molar-refractivity contribution in [3.63, 3.8) is 0 Å². The SMILES string of the molecule is c1ccc(-c2cccc(N(c3ccc(-n4c5ccccc5c5cc(-c6ccc7c(c6)c6ccccc6n7-c6cc(-c7ccccn7)nc(-c7ccccn7)c6)ccc54)cc3)c3cccc(-c4ccccc4)c3)c2)cc1. The molecule has 0 bridgehead atoms. The van der Waals surface area contributed by atoms with Crippen LogP contribution in [0.1, 0.15) is 0 Å². The number of nitrogens with zero attached hydrogens (tertiary/aromatic N) is 6. The first-order chi connectivity index (χ1) is 37.2. The Bertz CT molecular complexity index is 4250. The van der Waals surface area contributed by atoms with Gasteiger partial charge in [0.05, 0.1) is 50.5 Å². The van der Waals surface area contributed by atoms with E-state index in [1.165, 1.54) is 43.8 Å². The predicted molar refractivity (Wildman–Crippen MR) is 310 cm³/mol. The second-order valence-corrected chi connectivity index (χ2v) is 18.9. The van der Waals surface area contributed by atoms with Crippen molar-refractivity contribution in [2.45, 2.75) is 0 Å². The molecule has 0 amide bonds. The molecule has 0 saturated heterocycles. The van der Waals surface area contributed by atoms with Crippen LogP contribution in [0.5, 0.6) is 0 Å². The molecule has 0 fully saturated rings. The molecule has 0 aliphatic rings. The highest BCUT2D eigenvalue weighted by Crippen LogP contribution is 2.42. The van der Waals surface area contributed by atoms with E-state index in [1.54, 1.807) is 0 Å². The van der Waals surface area contributed by atoms with Gasteiger partial charge in [-0.05, 0) is 155 Å². The van der Waals surface area contributed by atoms with E-state index < -0.39 is 0 Å². The van der Waals surface area contributed by atoms with Crippen LogP contribution in [0.25, 0.3) is 111 Å². The van der Waals surface area contributed by atoms with Gasteiger partial charge in [0, 0.05) is 56.7 Å². The molecule has 0 aliphatic carbocycles. The Morgan fingerprint density at radius 1 is 0.253 bits per heavy atom. The Morgan fingerprint density at radius 2 is 0.680 bits per heavy atom. The number of rotatable bonds is 10. The molecule has 0 saturated carbocycles. The lowest BCUT2D eigenvalue weighted by Crippen LogP contribution is -2.10. The number of anilines is 3. The second kappa shape index (κ2) is 18.5. The molecule has 0 aliphatic heterocycles. The summed E-state index contributed by atoms with van der Waals surface area (Å²) in [5, 5.41) is 4.76. The Hall–Kier alpha value is -10.2. The molecule has 14 rings (SSSR count). The smallest absolute Gasteiger partial charge is 0.0915 e. The lowest BCUT2D eigenvalue weighted by molar-refractivity contribution is 1.14. The van der Waals surface area contributed by atoms with Crippen LogP contribution in [0.2, 0.25) is 0 Å². The number of pyridine rings is 3. The maximum absolute atomic E-state index is 5.08. The Balaban J connectivity index is 0.861. The summed E-state index contributed by atoms with van der Waals surface area (Å²) in [6.07, 6.45) is 3.63. The minimum Gasteiger partial charge on any atom is -0.310 e. The average molecular weight is 959 g/mol. The van der Waals surface area contributed by atoms with Gasteiger partial charge in [-0.25, -0.2) is 4.98 Å². The molecule has 6 heteroatoms. The third-order valence-corrected chi connectivity index (χ3v) is 14.4. The van der Waals surface area contributed by atoms with E-state index in [9.17, 15) is 0 Å². The highest BCUT2D eigenvalue weighted by molar-refractivity contribution is 6.13. The van der Waals surface area contributed by atoms with E-state index in [-0.39, 0.29) is 0 Å². The van der Waals surface area contributed by atoms with Crippen molar-refractivity contribution in [3.05, 3.63) is 279 Å². The first kappa shape index (κ1) is 43.6. The molecule has 0 unspecified atom stereocenters. The highest BCUT2D eigenvalue weighted by Gasteiger charge is 2.20. The fourth-order valence-corrected chi connectivity index (χ4v) is 10.9. The van der Waals surface area contributed by atoms with Crippen molar-refractivity contribution < 1.29 is 0 Å². The van der Waals surface area contributed by atoms with Crippen LogP contribution in [-0.4, -0.2) is 24.1 Å². The van der Waals surface area contributed by atoms with Gasteiger partial charge in [-0.2, -0.15) is 0 Å². The van der Waals surface area contributed by atoms with Crippen molar-refractivity contribution >= 4 is 60.7 Å². The van der Waals surface area contributed by atoms with Crippen molar-refractivity contribution in [1.82, 2.24) is 24.1 Å². The van der Waals surface area contributed by atoms with Crippen molar-refractivity contribution in [3.8, 4) is 67.5 Å². The van der Waals surface area contributed by atoms with E-state index >= 15 is 0 Å². The van der Waals surface area contributed by atoms with Crippen molar-refractivity contribution in [2.75, 3.05) is 4.90 Å². The Morgan fingerprint density at radius 3 is 1.17 bits per heavy atom. The summed E-state index contributed by atoms with van der Waals surface area (Å²) in [6, 6.07) is 95.3. The number of para-hydroxylation sites is 2. The van der Waals surface area contributed by atoms with Crippen LogP contribution in [-0.2, 0) is 0 Å². The van der Waals surface area contributed by atoms with Crippen LogP contribution in [0.3, 0.4) is 0 Å². The van der Waals surface area contributed by atoms with E-state index in [0.29, 0.717) is 0 Å². The molecule has 6 nitrogen and oxygen atoms in total. The van der Waals surface area contributed by atoms with Gasteiger partial charge in [-0.3, -0.25) is 9.97 Å². The van der Waals surface area contributed by atoms with Gasteiger partial charge in [0.15, 0.2) is 0 Å². The molecule has 9 aromatic carbocycles. The number of hydrogen-bond acceptors (Lipinski definition) is 4. The third-order valence-electron chi connectivity index (χ3n) is 14.4. The number of hydrogen-bond donors (Lipinski definition) is 0. The molecule has 0 N–H and O–H groups in total. The van der Waals surface area contributed by atoms with Gasteiger partial charge in [0.25, 0.3) is 0 Å². The average Bonchev–Trinajstić information content (AvgIpc) is 4.04. The van der Waals surface area contributed by atoms with E-state index in [0.717, 1.165) is 84.4 Å². The monoisotopic (exact) mass is 958 g/mol. The number of aromatic nitrogens is 5. The third kappa shape index (κ3) is 7.89. The summed E-state index contributed by atoms with van der Waals surface area (Å²) in [5.74, 6) is 0. The molecule has 5 aromatic heterocycles. The molecule has 0 radical (unpaired) electrons. The van der Waals surface area contributed by atoms with Crippen LogP contribution in [0.4, 0.5) is 17.1 Å². The Labute approximate surface area is 434 Å². The zero-order valence-corrected chi connectivity index (χ0v) is 40.7. The van der Waals surface area contributed by atoms with Gasteiger partial charge >= 0.3 is 0 Å². The summed E-state index contributed by atoms with van der Waals surface area (Å²) in [4.78, 5) is 16.8. The first-order valence-corrected chi connectivity index (χ1v) is 25.3. The summed E-state index contributed by atoms with van der Waals surface area (Å²) in [5.41, 5.74) is 20.1. The minimum atomic E-state index is 0.788. The molecule has 0 spiro atoms. The molecule has 352 valence electrons. The van der Waals surface area contributed by atoms with Crippen molar-refractivity contribution in [2.24, 2.45) is 0 Å². The quantitative estimate of drug-likeness (QED) is 0.137. The molecule has 75 heavy (non-hydrogen) atoms. The normalized spacial score (nSPS) is 11.5. The zero-order valence-electron chi connectivity index (χ0n) is 40.7. The topological polar surface area (TPSA) is 51.8 Å². The number of benzene rings is 9. The largest absolute Gasteiger partial charge is 0.310 e. The molecule has 5 heterocycles. The predicted octanol–water partition coefficient (Wildman–Crippen LogP) is 17.9. The fraction of sp³-hybridized carbons (Fsp3) is 0. The molecular weight excluding hydrogens is 913 g/mol. The summed E-state index contributed by atoms with van der Waals surface area (Å²) >= 11 is 0. The fourth-order valence-electron chi connectivity index (χ4n) is 10.9.